The van der Waals surface area contributed by atoms with Crippen molar-refractivity contribution in [2.24, 2.45) is 0 Å². The van der Waals surface area contributed by atoms with Crippen LogP contribution in [0.4, 0.5) is 5.82 Å². The monoisotopic (exact) mass is 257 g/mol. The van der Waals surface area contributed by atoms with Crippen LogP contribution < -0.4 is 11.0 Å². The summed E-state index contributed by atoms with van der Waals surface area (Å²) in [4.78, 5) is 15.6. The van der Waals surface area contributed by atoms with E-state index in [4.69, 9.17) is 9.47 Å². The maximum atomic E-state index is 11.7. The number of ether oxygens (including phenoxy) is 2. The van der Waals surface area contributed by atoms with Crippen molar-refractivity contribution >= 4 is 17.6 Å². The highest BCUT2D eigenvalue weighted by atomic mass is 32.2. The van der Waals surface area contributed by atoms with Crippen molar-refractivity contribution < 1.29 is 9.47 Å². The average Bonchev–Trinajstić information content (AvgIpc) is 2.78. The van der Waals surface area contributed by atoms with Gasteiger partial charge in [0.15, 0.2) is 0 Å². The van der Waals surface area contributed by atoms with Crippen molar-refractivity contribution in [2.45, 2.75) is 11.7 Å². The number of hydrogen-bond donors (Lipinski definition) is 1. The van der Waals surface area contributed by atoms with E-state index in [1.165, 1.54) is 4.57 Å². The first-order chi connectivity index (χ1) is 8.24. The third-order valence-electron chi connectivity index (χ3n) is 2.43. The quantitative estimate of drug-likeness (QED) is 0.848. The van der Waals surface area contributed by atoms with Crippen LogP contribution in [-0.4, -0.2) is 41.5 Å². The van der Waals surface area contributed by atoms with Crippen molar-refractivity contribution in [3.63, 3.8) is 0 Å². The molecule has 0 saturated carbocycles. The van der Waals surface area contributed by atoms with Gasteiger partial charge in [-0.1, -0.05) is 0 Å². The van der Waals surface area contributed by atoms with E-state index in [9.17, 15) is 4.79 Å². The summed E-state index contributed by atoms with van der Waals surface area (Å²) in [5.74, 6) is 1.29. The Kier molecular flexibility index (Phi) is 4.03. The molecule has 0 spiro atoms. The molecule has 2 heterocycles. The van der Waals surface area contributed by atoms with Crippen LogP contribution in [-0.2, 0) is 9.47 Å². The first-order valence-corrected chi connectivity index (χ1v) is 6.32. The zero-order chi connectivity index (χ0) is 12.3. The predicted molar refractivity (Wildman–Crippen MR) is 66.3 cm³/mol. The summed E-state index contributed by atoms with van der Waals surface area (Å²) in [6, 6.07) is 1.75. The normalized spacial score (nSPS) is 23.9. The fourth-order valence-electron chi connectivity index (χ4n) is 1.58. The molecule has 1 fully saturated rings. The molecule has 0 aliphatic carbocycles. The zero-order valence-electron chi connectivity index (χ0n) is 9.75. The lowest BCUT2D eigenvalue weighted by Gasteiger charge is -2.14. The lowest BCUT2D eigenvalue weighted by Crippen LogP contribution is -2.28. The van der Waals surface area contributed by atoms with Gasteiger partial charge in [0.25, 0.3) is 0 Å². The van der Waals surface area contributed by atoms with Crippen molar-refractivity contribution in [2.75, 3.05) is 31.8 Å². The van der Waals surface area contributed by atoms with Crippen LogP contribution in [0.5, 0.6) is 0 Å². The third-order valence-corrected chi connectivity index (χ3v) is 3.53. The van der Waals surface area contributed by atoms with Crippen LogP contribution in [0.25, 0.3) is 0 Å². The van der Waals surface area contributed by atoms with Gasteiger partial charge in [0.05, 0.1) is 6.61 Å². The van der Waals surface area contributed by atoms with Crippen molar-refractivity contribution in [1.29, 1.82) is 0 Å². The van der Waals surface area contributed by atoms with Gasteiger partial charge in [0, 0.05) is 26.1 Å². The van der Waals surface area contributed by atoms with Gasteiger partial charge >= 0.3 is 5.69 Å². The van der Waals surface area contributed by atoms with Gasteiger partial charge in [-0.25, -0.2) is 4.79 Å². The van der Waals surface area contributed by atoms with Crippen LogP contribution in [0, 0.1) is 0 Å². The minimum Gasteiger partial charge on any atom is -0.381 e. The molecular formula is C10H15N3O3S. The highest BCUT2D eigenvalue weighted by molar-refractivity contribution is 8.00. The number of methoxy groups -OCH3 is 1. The van der Waals surface area contributed by atoms with Gasteiger partial charge in [0.1, 0.15) is 17.5 Å². The Morgan fingerprint density at radius 3 is 3.24 bits per heavy atom. The molecule has 0 amide bonds. The smallest absolute Gasteiger partial charge is 0.351 e. The van der Waals surface area contributed by atoms with Gasteiger partial charge in [-0.15, -0.1) is 11.8 Å². The Labute approximate surface area is 103 Å². The van der Waals surface area contributed by atoms with Crippen molar-refractivity contribution in [1.82, 2.24) is 9.55 Å². The number of thioether (sulfide) groups is 1. The summed E-state index contributed by atoms with van der Waals surface area (Å²) in [5, 5.41) is 2.82. The molecule has 0 bridgehead atoms. The second-order valence-corrected chi connectivity index (χ2v) is 4.75. The largest absolute Gasteiger partial charge is 0.381 e. The summed E-state index contributed by atoms with van der Waals surface area (Å²) in [6.45, 7) is 0.526. The molecule has 6 nitrogen and oxygen atoms in total. The number of hydrogen-bond acceptors (Lipinski definition) is 6. The highest BCUT2D eigenvalue weighted by Crippen LogP contribution is 2.30. The number of nitrogens with zero attached hydrogens (tertiary/aromatic N) is 2. The molecule has 1 aromatic rings. The van der Waals surface area contributed by atoms with E-state index in [0.717, 1.165) is 5.75 Å². The molecule has 0 unspecified atom stereocenters. The van der Waals surface area contributed by atoms with Gasteiger partial charge in [0.2, 0.25) is 0 Å². The van der Waals surface area contributed by atoms with Crippen molar-refractivity contribution in [3.8, 4) is 0 Å². The number of anilines is 1. The number of rotatable bonds is 4. The summed E-state index contributed by atoms with van der Waals surface area (Å²) >= 11 is 1.64. The Hall–Kier alpha value is -1.05. The molecule has 1 aromatic heterocycles. The van der Waals surface area contributed by atoms with E-state index in [0.29, 0.717) is 12.4 Å². The molecule has 1 saturated heterocycles. The van der Waals surface area contributed by atoms with Crippen LogP contribution in [0.2, 0.25) is 0 Å². The van der Waals surface area contributed by atoms with E-state index >= 15 is 0 Å². The summed E-state index contributed by atoms with van der Waals surface area (Å²) in [7, 11) is 3.36. The van der Waals surface area contributed by atoms with E-state index in [1.54, 1.807) is 38.2 Å². The molecule has 0 radical (unpaired) electrons. The Bertz CT molecular complexity index is 437. The van der Waals surface area contributed by atoms with Crippen molar-refractivity contribution in [3.05, 3.63) is 22.7 Å². The topological polar surface area (TPSA) is 65.4 Å². The molecule has 7 heteroatoms. The van der Waals surface area contributed by atoms with Gasteiger partial charge in [-0.2, -0.15) is 4.98 Å². The summed E-state index contributed by atoms with van der Waals surface area (Å²) < 4.78 is 12.2. The molecule has 2 atom stereocenters. The Balaban J connectivity index is 2.11. The van der Waals surface area contributed by atoms with Crippen LogP contribution in [0.1, 0.15) is 6.23 Å². The first-order valence-electron chi connectivity index (χ1n) is 5.27. The molecule has 17 heavy (non-hydrogen) atoms. The third kappa shape index (κ3) is 2.80. The molecule has 1 aliphatic heterocycles. The van der Waals surface area contributed by atoms with Gasteiger partial charge in [-0.05, 0) is 6.07 Å². The molecule has 2 rings (SSSR count). The van der Waals surface area contributed by atoms with Crippen LogP contribution in [0.3, 0.4) is 0 Å². The summed E-state index contributed by atoms with van der Waals surface area (Å²) in [5.41, 5.74) is -0.318. The second kappa shape index (κ2) is 5.52. The SMILES string of the molecule is CNc1ccn([C@@H]2CS[C@H](COC)O2)c(=O)n1. The summed E-state index contributed by atoms with van der Waals surface area (Å²) in [6.07, 6.45) is 1.44. The molecule has 0 aromatic carbocycles. The van der Waals surface area contributed by atoms with Crippen LogP contribution >= 0.6 is 11.8 Å². The molecule has 1 N–H and O–H groups in total. The Morgan fingerprint density at radius 2 is 2.59 bits per heavy atom. The maximum absolute atomic E-state index is 11.7. The highest BCUT2D eigenvalue weighted by Gasteiger charge is 2.27. The molecule has 1 aliphatic rings. The first kappa shape index (κ1) is 12.4. The fourth-order valence-corrected chi connectivity index (χ4v) is 2.64. The predicted octanol–water partition coefficient (Wildman–Crippen LogP) is 0.519. The zero-order valence-corrected chi connectivity index (χ0v) is 10.6. The fraction of sp³-hybridized carbons (Fsp3) is 0.600. The lowest BCUT2D eigenvalue weighted by molar-refractivity contribution is -0.0152. The maximum Gasteiger partial charge on any atom is 0.351 e. The minimum atomic E-state index is -0.305. The van der Waals surface area contributed by atoms with E-state index in [1.807, 2.05) is 0 Å². The molecule has 94 valence electrons. The van der Waals surface area contributed by atoms with Crippen LogP contribution in [0.15, 0.2) is 17.1 Å². The second-order valence-electron chi connectivity index (χ2n) is 3.56. The average molecular weight is 257 g/mol. The van der Waals surface area contributed by atoms with E-state index < -0.39 is 0 Å². The van der Waals surface area contributed by atoms with E-state index in [-0.39, 0.29) is 17.4 Å². The van der Waals surface area contributed by atoms with Gasteiger partial charge in [-0.3, -0.25) is 4.57 Å². The lowest BCUT2D eigenvalue weighted by atomic mass is 10.5. The Morgan fingerprint density at radius 1 is 1.76 bits per heavy atom. The number of aromatic nitrogens is 2. The standard InChI is InChI=1S/C10H15N3O3S/c1-11-7-3-4-13(10(14)12-7)8-6-17-9(16-8)5-15-2/h3-4,8-9H,5-6H2,1-2H3,(H,11,12,14)/t8-,9+/m0/s1. The van der Waals surface area contributed by atoms with E-state index in [2.05, 4.69) is 10.3 Å². The number of nitrogens with one attached hydrogen (secondary N) is 1. The van der Waals surface area contributed by atoms with Gasteiger partial charge < -0.3 is 14.8 Å². The molecular weight excluding hydrogens is 242 g/mol. The minimum absolute atomic E-state index is 0.0131.